The van der Waals surface area contributed by atoms with Crippen molar-refractivity contribution < 1.29 is 4.79 Å². The highest BCUT2D eigenvalue weighted by Crippen LogP contribution is 2.17. The summed E-state index contributed by atoms with van der Waals surface area (Å²) in [6.45, 7) is 5.99. The lowest BCUT2D eigenvalue weighted by molar-refractivity contribution is 0.101. The largest absolute Gasteiger partial charge is 0.304 e. The van der Waals surface area contributed by atoms with Gasteiger partial charge < -0.3 is 5.32 Å². The molecule has 7 nitrogen and oxygen atoms in total. The summed E-state index contributed by atoms with van der Waals surface area (Å²) in [6.07, 6.45) is 1.61. The lowest BCUT2D eigenvalue weighted by Crippen LogP contribution is -2.17. The number of rotatable bonds is 2. The molecule has 2 aromatic heterocycles. The van der Waals surface area contributed by atoms with Crippen molar-refractivity contribution in [1.29, 1.82) is 0 Å². The van der Waals surface area contributed by atoms with E-state index in [1.807, 2.05) is 20.8 Å². The van der Waals surface area contributed by atoms with E-state index in [0.717, 1.165) is 0 Å². The van der Waals surface area contributed by atoms with Gasteiger partial charge in [0.2, 0.25) is 5.82 Å². The second kappa shape index (κ2) is 4.25. The summed E-state index contributed by atoms with van der Waals surface area (Å²) in [4.78, 5) is 16.1. The molecule has 0 aliphatic carbocycles. The SMILES string of the molecule is Cn1nccc1NC(=O)c1n[nH]c(C(C)(C)C)n1. The summed E-state index contributed by atoms with van der Waals surface area (Å²) < 4.78 is 1.56. The number of nitrogens with zero attached hydrogens (tertiary/aromatic N) is 4. The predicted molar refractivity (Wildman–Crippen MR) is 66.2 cm³/mol. The molecule has 0 aromatic carbocycles. The standard InChI is InChI=1S/C11H16N6O/c1-11(2,3)10-14-8(15-16-10)9(18)13-7-5-6-12-17(7)4/h5-6H,1-4H3,(H,13,18)(H,14,15,16). The molecule has 0 atom stereocenters. The Kier molecular flexibility index (Phi) is 2.90. The van der Waals surface area contributed by atoms with Crippen LogP contribution in [0.1, 0.15) is 37.2 Å². The van der Waals surface area contributed by atoms with Gasteiger partial charge in [0.25, 0.3) is 5.91 Å². The molecule has 7 heteroatoms. The van der Waals surface area contributed by atoms with Crippen molar-refractivity contribution in [1.82, 2.24) is 25.0 Å². The molecule has 0 spiro atoms. The minimum Gasteiger partial charge on any atom is -0.304 e. The molecule has 0 unspecified atom stereocenters. The van der Waals surface area contributed by atoms with E-state index < -0.39 is 0 Å². The normalized spacial score (nSPS) is 11.6. The quantitative estimate of drug-likeness (QED) is 0.832. The molecular weight excluding hydrogens is 232 g/mol. The summed E-state index contributed by atoms with van der Waals surface area (Å²) in [5.41, 5.74) is -0.169. The van der Waals surface area contributed by atoms with Crippen LogP contribution < -0.4 is 5.32 Å². The number of hydrogen-bond donors (Lipinski definition) is 2. The summed E-state index contributed by atoms with van der Waals surface area (Å²) in [6, 6.07) is 1.70. The summed E-state index contributed by atoms with van der Waals surface area (Å²) in [5, 5.41) is 13.3. The van der Waals surface area contributed by atoms with Crippen LogP contribution in [-0.2, 0) is 12.5 Å². The van der Waals surface area contributed by atoms with E-state index in [1.165, 1.54) is 0 Å². The van der Waals surface area contributed by atoms with Gasteiger partial charge in [0.15, 0.2) is 0 Å². The van der Waals surface area contributed by atoms with Gasteiger partial charge in [0, 0.05) is 18.5 Å². The Morgan fingerprint density at radius 1 is 1.44 bits per heavy atom. The van der Waals surface area contributed by atoms with Crippen molar-refractivity contribution in [3.8, 4) is 0 Å². The molecule has 0 saturated carbocycles. The first-order chi connectivity index (χ1) is 8.38. The van der Waals surface area contributed by atoms with Gasteiger partial charge in [-0.2, -0.15) is 5.10 Å². The van der Waals surface area contributed by atoms with Crippen LogP contribution >= 0.6 is 0 Å². The minimum absolute atomic E-state index is 0.126. The van der Waals surface area contributed by atoms with Crippen molar-refractivity contribution in [3.63, 3.8) is 0 Å². The highest BCUT2D eigenvalue weighted by Gasteiger charge is 2.21. The van der Waals surface area contributed by atoms with Gasteiger partial charge >= 0.3 is 0 Å². The zero-order chi connectivity index (χ0) is 13.3. The van der Waals surface area contributed by atoms with E-state index >= 15 is 0 Å². The van der Waals surface area contributed by atoms with E-state index in [4.69, 9.17) is 0 Å². The van der Waals surface area contributed by atoms with Crippen molar-refractivity contribution >= 4 is 11.7 Å². The third-order valence-electron chi connectivity index (χ3n) is 2.46. The lowest BCUT2D eigenvalue weighted by Gasteiger charge is -2.12. The Balaban J connectivity index is 2.15. The van der Waals surface area contributed by atoms with Crippen molar-refractivity contribution in [2.75, 3.05) is 5.32 Å². The molecular formula is C11H16N6O. The average Bonchev–Trinajstić information content (AvgIpc) is 2.87. The van der Waals surface area contributed by atoms with E-state index in [9.17, 15) is 4.79 Å². The number of nitrogens with one attached hydrogen (secondary N) is 2. The Labute approximate surface area is 105 Å². The molecule has 1 amide bonds. The zero-order valence-electron chi connectivity index (χ0n) is 10.9. The third kappa shape index (κ3) is 2.39. The number of anilines is 1. The molecule has 0 bridgehead atoms. The van der Waals surface area contributed by atoms with Gasteiger partial charge in [0.05, 0.1) is 6.20 Å². The summed E-state index contributed by atoms with van der Waals surface area (Å²) in [5.74, 6) is 1.05. The van der Waals surface area contributed by atoms with Gasteiger partial charge in [-0.15, -0.1) is 5.10 Å². The van der Waals surface area contributed by atoms with E-state index in [0.29, 0.717) is 11.6 Å². The smallest absolute Gasteiger partial charge is 0.296 e. The minimum atomic E-state index is -0.356. The average molecular weight is 248 g/mol. The number of carbonyl (C=O) groups excluding carboxylic acids is 1. The molecule has 18 heavy (non-hydrogen) atoms. The number of hydrogen-bond acceptors (Lipinski definition) is 4. The molecule has 0 aliphatic heterocycles. The van der Waals surface area contributed by atoms with Crippen LogP contribution in [-0.4, -0.2) is 30.9 Å². The second-order valence-corrected chi connectivity index (χ2v) is 5.05. The lowest BCUT2D eigenvalue weighted by atomic mass is 9.96. The zero-order valence-corrected chi connectivity index (χ0v) is 10.9. The monoisotopic (exact) mass is 248 g/mol. The van der Waals surface area contributed by atoms with Gasteiger partial charge in [-0.05, 0) is 0 Å². The van der Waals surface area contributed by atoms with Gasteiger partial charge in [0.1, 0.15) is 11.6 Å². The number of H-pyrrole nitrogens is 1. The van der Waals surface area contributed by atoms with Crippen LogP contribution in [0.5, 0.6) is 0 Å². The maximum atomic E-state index is 11.9. The highest BCUT2D eigenvalue weighted by molar-refractivity contribution is 6.00. The summed E-state index contributed by atoms with van der Waals surface area (Å²) >= 11 is 0. The maximum Gasteiger partial charge on any atom is 0.296 e. The first-order valence-electron chi connectivity index (χ1n) is 5.60. The fourth-order valence-electron chi connectivity index (χ4n) is 1.37. The van der Waals surface area contributed by atoms with E-state index in [-0.39, 0.29) is 17.1 Å². The Bertz CT molecular complexity index is 562. The Morgan fingerprint density at radius 2 is 2.17 bits per heavy atom. The fourth-order valence-corrected chi connectivity index (χ4v) is 1.37. The molecule has 96 valence electrons. The predicted octanol–water partition coefficient (Wildman–Crippen LogP) is 1.09. The first kappa shape index (κ1) is 12.3. The van der Waals surface area contributed by atoms with Crippen molar-refractivity contribution in [2.45, 2.75) is 26.2 Å². The maximum absolute atomic E-state index is 11.9. The van der Waals surface area contributed by atoms with Crippen LogP contribution in [0.4, 0.5) is 5.82 Å². The molecule has 2 rings (SSSR count). The second-order valence-electron chi connectivity index (χ2n) is 5.05. The Hall–Kier alpha value is -2.18. The summed E-state index contributed by atoms with van der Waals surface area (Å²) in [7, 11) is 1.74. The molecule has 0 radical (unpaired) electrons. The molecule has 2 aromatic rings. The number of amides is 1. The van der Waals surface area contributed by atoms with Crippen LogP contribution in [0.3, 0.4) is 0 Å². The number of aryl methyl sites for hydroxylation is 1. The first-order valence-corrected chi connectivity index (χ1v) is 5.60. The van der Waals surface area contributed by atoms with E-state index in [2.05, 4.69) is 25.6 Å². The molecule has 0 saturated heterocycles. The van der Waals surface area contributed by atoms with Crippen LogP contribution in [0.25, 0.3) is 0 Å². The molecule has 0 aliphatic rings. The van der Waals surface area contributed by atoms with Gasteiger partial charge in [-0.1, -0.05) is 20.8 Å². The van der Waals surface area contributed by atoms with Crippen molar-refractivity contribution in [3.05, 3.63) is 23.9 Å². The highest BCUT2D eigenvalue weighted by atomic mass is 16.2. The van der Waals surface area contributed by atoms with Crippen LogP contribution in [0.15, 0.2) is 12.3 Å². The molecule has 2 heterocycles. The van der Waals surface area contributed by atoms with Crippen molar-refractivity contribution in [2.24, 2.45) is 7.05 Å². The van der Waals surface area contributed by atoms with E-state index in [1.54, 1.807) is 24.0 Å². The number of aromatic amines is 1. The van der Waals surface area contributed by atoms with Gasteiger partial charge in [-0.3, -0.25) is 14.6 Å². The topological polar surface area (TPSA) is 88.5 Å². The number of aromatic nitrogens is 5. The van der Waals surface area contributed by atoms with Crippen LogP contribution in [0, 0.1) is 0 Å². The number of carbonyl (C=O) groups is 1. The fraction of sp³-hybridized carbons (Fsp3) is 0.455. The Morgan fingerprint density at radius 3 is 2.67 bits per heavy atom. The van der Waals surface area contributed by atoms with Gasteiger partial charge in [-0.25, -0.2) is 4.98 Å². The molecule has 2 N–H and O–H groups in total. The third-order valence-corrected chi connectivity index (χ3v) is 2.46. The molecule has 0 fully saturated rings. The van der Waals surface area contributed by atoms with Crippen LogP contribution in [0.2, 0.25) is 0 Å².